The molecule has 0 radical (unpaired) electrons. The molecule has 0 amide bonds. The van der Waals surface area contributed by atoms with Crippen LogP contribution in [0.1, 0.15) is 51.1 Å². The van der Waals surface area contributed by atoms with Crippen LogP contribution in [-0.4, -0.2) is 41.3 Å². The molecule has 2 N–H and O–H groups in total. The van der Waals surface area contributed by atoms with Gasteiger partial charge in [0.15, 0.2) is 5.11 Å². The molecule has 0 bridgehead atoms. The molecule has 168 valence electrons. The van der Waals surface area contributed by atoms with Crippen LogP contribution < -0.4 is 20.4 Å². The van der Waals surface area contributed by atoms with Gasteiger partial charge in [-0.05, 0) is 68.8 Å². The molecule has 2 aliphatic rings. The molecule has 4 rings (SSSR count). The van der Waals surface area contributed by atoms with E-state index in [1.165, 1.54) is 25.7 Å². The maximum Gasteiger partial charge on any atom is 0.232 e. The van der Waals surface area contributed by atoms with Crippen molar-refractivity contribution in [3.63, 3.8) is 0 Å². The largest absolute Gasteiger partial charge is 0.465 e. The summed E-state index contributed by atoms with van der Waals surface area (Å²) in [5, 5.41) is 6.89. The minimum atomic E-state index is 0.496. The van der Waals surface area contributed by atoms with E-state index in [1.54, 1.807) is 0 Å². The smallest absolute Gasteiger partial charge is 0.232 e. The second-order valence-electron chi connectivity index (χ2n) is 9.13. The summed E-state index contributed by atoms with van der Waals surface area (Å²) >= 11 is 5.51. The number of nitrogens with zero attached hydrogens (tertiary/aromatic N) is 4. The summed E-state index contributed by atoms with van der Waals surface area (Å²) in [6.07, 6.45) is 4.98. The van der Waals surface area contributed by atoms with Crippen LogP contribution >= 0.6 is 12.2 Å². The summed E-state index contributed by atoms with van der Waals surface area (Å²) in [4.78, 5) is 14.4. The van der Waals surface area contributed by atoms with E-state index >= 15 is 0 Å². The molecule has 0 unspecified atom stereocenters. The maximum atomic E-state index is 5.61. The van der Waals surface area contributed by atoms with Gasteiger partial charge in [-0.2, -0.15) is 9.97 Å². The highest BCUT2D eigenvalue weighted by Crippen LogP contribution is 2.29. The lowest BCUT2D eigenvalue weighted by Crippen LogP contribution is -2.40. The third-order valence-electron chi connectivity index (χ3n) is 6.02. The third-order valence-corrected chi connectivity index (χ3v) is 6.26. The number of hydrogen-bond acceptors (Lipinski definition) is 6. The number of aryl methyl sites for hydroxylation is 1. The Morgan fingerprint density at radius 3 is 2.39 bits per heavy atom. The highest BCUT2D eigenvalue weighted by molar-refractivity contribution is 7.80. The molecule has 2 atom stereocenters. The Bertz CT molecular complexity index is 884. The first kappa shape index (κ1) is 21.9. The molecule has 0 aliphatic carbocycles. The molecule has 0 spiro atoms. The van der Waals surface area contributed by atoms with Gasteiger partial charge in [0.1, 0.15) is 23.2 Å². The number of nitrogens with one attached hydrogen (secondary N) is 2. The Labute approximate surface area is 190 Å². The van der Waals surface area contributed by atoms with Gasteiger partial charge in [0.05, 0.1) is 6.54 Å². The Morgan fingerprint density at radius 2 is 1.74 bits per heavy atom. The summed E-state index contributed by atoms with van der Waals surface area (Å²) in [6.45, 7) is 11.3. The minimum Gasteiger partial charge on any atom is -0.465 e. The molecule has 2 fully saturated rings. The van der Waals surface area contributed by atoms with Crippen molar-refractivity contribution in [2.24, 2.45) is 11.8 Å². The second-order valence-corrected chi connectivity index (χ2v) is 9.53. The van der Waals surface area contributed by atoms with E-state index in [4.69, 9.17) is 26.6 Å². The van der Waals surface area contributed by atoms with Gasteiger partial charge in [0.25, 0.3) is 0 Å². The Morgan fingerprint density at radius 1 is 1.06 bits per heavy atom. The van der Waals surface area contributed by atoms with Crippen molar-refractivity contribution in [2.75, 3.05) is 41.3 Å². The first-order valence-electron chi connectivity index (χ1n) is 11.5. The monoisotopic (exact) mass is 442 g/mol. The van der Waals surface area contributed by atoms with E-state index in [-0.39, 0.29) is 0 Å². The van der Waals surface area contributed by atoms with Crippen LogP contribution in [0.2, 0.25) is 0 Å². The van der Waals surface area contributed by atoms with Gasteiger partial charge in [-0.25, -0.2) is 0 Å². The van der Waals surface area contributed by atoms with Crippen molar-refractivity contribution in [3.05, 3.63) is 29.7 Å². The van der Waals surface area contributed by atoms with Gasteiger partial charge in [-0.3, -0.25) is 0 Å². The summed E-state index contributed by atoms with van der Waals surface area (Å²) in [7, 11) is 0. The number of thiocarbonyl (C=S) groups is 1. The normalized spacial score (nSPS) is 21.8. The molecule has 0 saturated carbocycles. The Hall–Kier alpha value is -2.35. The molecular formula is C23H34N6OS. The van der Waals surface area contributed by atoms with Gasteiger partial charge in [0.2, 0.25) is 5.95 Å². The van der Waals surface area contributed by atoms with Crippen LogP contribution in [0, 0.1) is 18.8 Å². The SMILES string of the molecule is Cc1ccc(CNC(=S)Nc2nc(N3CCCCC3)cc(N3C[C@@H](C)C[C@H](C)C3)n2)o1. The highest BCUT2D eigenvalue weighted by atomic mass is 32.1. The van der Waals surface area contributed by atoms with Crippen LogP contribution in [0.5, 0.6) is 0 Å². The van der Waals surface area contributed by atoms with Crippen molar-refractivity contribution >= 4 is 34.9 Å². The first-order valence-corrected chi connectivity index (χ1v) is 11.9. The van der Waals surface area contributed by atoms with Gasteiger partial charge < -0.3 is 24.9 Å². The van der Waals surface area contributed by atoms with Crippen LogP contribution in [0.25, 0.3) is 0 Å². The zero-order valence-electron chi connectivity index (χ0n) is 18.9. The molecular weight excluding hydrogens is 408 g/mol. The quantitative estimate of drug-likeness (QED) is 0.663. The second kappa shape index (κ2) is 9.85. The van der Waals surface area contributed by atoms with E-state index in [1.807, 2.05) is 19.1 Å². The fraction of sp³-hybridized carbons (Fsp3) is 0.609. The summed E-state index contributed by atoms with van der Waals surface area (Å²) in [5.74, 6) is 5.59. The molecule has 0 aromatic carbocycles. The summed E-state index contributed by atoms with van der Waals surface area (Å²) in [5.41, 5.74) is 0. The zero-order valence-corrected chi connectivity index (χ0v) is 19.7. The van der Waals surface area contributed by atoms with E-state index < -0.39 is 0 Å². The van der Waals surface area contributed by atoms with Crippen molar-refractivity contribution in [1.82, 2.24) is 15.3 Å². The number of rotatable bonds is 5. The van der Waals surface area contributed by atoms with Gasteiger partial charge >= 0.3 is 0 Å². The fourth-order valence-corrected chi connectivity index (χ4v) is 4.83. The molecule has 4 heterocycles. The molecule has 2 saturated heterocycles. The Balaban J connectivity index is 1.51. The van der Waals surface area contributed by atoms with Gasteiger partial charge in [-0.1, -0.05) is 13.8 Å². The predicted molar refractivity (Wildman–Crippen MR) is 130 cm³/mol. The maximum absolute atomic E-state index is 5.61. The number of aromatic nitrogens is 2. The standard InChI is InChI=1S/C23H34N6OS/c1-16-11-17(2)15-29(14-16)21-12-20(28-9-5-4-6-10-28)25-22(26-21)27-23(31)24-13-19-8-7-18(3)30-19/h7-8,12,16-17H,4-6,9-11,13-15H2,1-3H3,(H2,24,25,26,27,31)/t16-,17-/m0/s1. The molecule has 2 aromatic rings. The van der Waals surface area contributed by atoms with E-state index in [2.05, 4.69) is 40.3 Å². The number of anilines is 3. The van der Waals surface area contributed by atoms with E-state index in [0.29, 0.717) is 29.4 Å². The van der Waals surface area contributed by atoms with Crippen LogP contribution in [0.3, 0.4) is 0 Å². The van der Waals surface area contributed by atoms with Crippen molar-refractivity contribution < 1.29 is 4.42 Å². The fourth-order valence-electron chi connectivity index (χ4n) is 4.67. The molecule has 2 aliphatic heterocycles. The lowest BCUT2D eigenvalue weighted by Gasteiger charge is -2.36. The van der Waals surface area contributed by atoms with Crippen LogP contribution in [0.4, 0.5) is 17.6 Å². The van der Waals surface area contributed by atoms with Crippen LogP contribution in [0.15, 0.2) is 22.6 Å². The number of piperidine rings is 2. The van der Waals surface area contributed by atoms with Gasteiger partial charge in [0, 0.05) is 32.2 Å². The average molecular weight is 443 g/mol. The van der Waals surface area contributed by atoms with E-state index in [9.17, 15) is 0 Å². The summed E-state index contributed by atoms with van der Waals surface area (Å²) < 4.78 is 5.61. The molecule has 2 aromatic heterocycles. The van der Waals surface area contributed by atoms with Gasteiger partial charge in [-0.15, -0.1) is 0 Å². The number of furan rings is 1. The van der Waals surface area contributed by atoms with Crippen LogP contribution in [-0.2, 0) is 6.54 Å². The van der Waals surface area contributed by atoms with Crippen molar-refractivity contribution in [2.45, 2.75) is 53.0 Å². The van der Waals surface area contributed by atoms with E-state index in [0.717, 1.165) is 49.3 Å². The lowest BCUT2D eigenvalue weighted by atomic mass is 9.92. The minimum absolute atomic E-state index is 0.496. The molecule has 8 heteroatoms. The Kier molecular flexibility index (Phi) is 6.95. The third kappa shape index (κ3) is 5.87. The highest BCUT2D eigenvalue weighted by Gasteiger charge is 2.25. The topological polar surface area (TPSA) is 69.5 Å². The predicted octanol–water partition coefficient (Wildman–Crippen LogP) is 4.34. The van der Waals surface area contributed by atoms with Crippen molar-refractivity contribution in [1.29, 1.82) is 0 Å². The summed E-state index contributed by atoms with van der Waals surface area (Å²) in [6, 6.07) is 6.06. The average Bonchev–Trinajstić information content (AvgIpc) is 3.17. The molecule has 7 nitrogen and oxygen atoms in total. The number of hydrogen-bond donors (Lipinski definition) is 2. The zero-order chi connectivity index (χ0) is 21.8. The first-order chi connectivity index (χ1) is 15.0. The lowest BCUT2D eigenvalue weighted by molar-refractivity contribution is 0.355. The van der Waals surface area contributed by atoms with Crippen molar-refractivity contribution in [3.8, 4) is 0 Å². The molecule has 31 heavy (non-hydrogen) atoms.